The van der Waals surface area contributed by atoms with Gasteiger partial charge < -0.3 is 10.1 Å². The lowest BCUT2D eigenvalue weighted by Crippen LogP contribution is -2.23. The number of hydrogen-bond acceptors (Lipinski definition) is 6. The SMILES string of the molecule is COC(=O)[C@H](CNc1ncnc2sc3c(c12)CCCC3)c1ccccc1. The molecule has 26 heavy (non-hydrogen) atoms. The summed E-state index contributed by atoms with van der Waals surface area (Å²) in [6, 6.07) is 9.71. The Kier molecular flexibility index (Phi) is 4.84. The second kappa shape index (κ2) is 7.41. The maximum absolute atomic E-state index is 12.3. The highest BCUT2D eigenvalue weighted by Gasteiger charge is 2.23. The summed E-state index contributed by atoms with van der Waals surface area (Å²) in [7, 11) is 1.43. The number of thiophene rings is 1. The van der Waals surface area contributed by atoms with Gasteiger partial charge in [0.15, 0.2) is 0 Å². The molecule has 0 bridgehead atoms. The summed E-state index contributed by atoms with van der Waals surface area (Å²) in [4.78, 5) is 23.7. The van der Waals surface area contributed by atoms with Crippen LogP contribution in [0.3, 0.4) is 0 Å². The monoisotopic (exact) mass is 367 g/mol. The van der Waals surface area contributed by atoms with Gasteiger partial charge in [-0.2, -0.15) is 0 Å². The van der Waals surface area contributed by atoms with Crippen molar-refractivity contribution in [3.8, 4) is 0 Å². The van der Waals surface area contributed by atoms with E-state index in [9.17, 15) is 4.79 Å². The minimum atomic E-state index is -0.374. The zero-order valence-corrected chi connectivity index (χ0v) is 15.5. The molecule has 2 heterocycles. The van der Waals surface area contributed by atoms with Gasteiger partial charge in [-0.3, -0.25) is 4.79 Å². The maximum Gasteiger partial charge on any atom is 0.314 e. The number of methoxy groups -OCH3 is 1. The Morgan fingerprint density at radius 2 is 2.04 bits per heavy atom. The van der Waals surface area contributed by atoms with E-state index in [0.29, 0.717) is 6.54 Å². The fraction of sp³-hybridized carbons (Fsp3) is 0.350. The number of benzene rings is 1. The molecule has 4 rings (SSSR count). The lowest BCUT2D eigenvalue weighted by atomic mass is 9.96. The number of fused-ring (bicyclic) bond motifs is 3. The molecular weight excluding hydrogens is 346 g/mol. The number of ether oxygens (including phenoxy) is 1. The number of nitrogens with zero attached hydrogens (tertiary/aromatic N) is 2. The topological polar surface area (TPSA) is 64.1 Å². The van der Waals surface area contributed by atoms with E-state index in [2.05, 4.69) is 15.3 Å². The lowest BCUT2D eigenvalue weighted by molar-refractivity contribution is -0.142. The Morgan fingerprint density at radius 3 is 2.85 bits per heavy atom. The quantitative estimate of drug-likeness (QED) is 0.692. The van der Waals surface area contributed by atoms with Crippen LogP contribution in [-0.4, -0.2) is 29.6 Å². The Bertz CT molecular complexity index is 923. The van der Waals surface area contributed by atoms with Crippen molar-refractivity contribution < 1.29 is 9.53 Å². The van der Waals surface area contributed by atoms with Crippen molar-refractivity contribution in [1.82, 2.24) is 9.97 Å². The van der Waals surface area contributed by atoms with Crippen LogP contribution in [0.25, 0.3) is 10.2 Å². The van der Waals surface area contributed by atoms with Crippen LogP contribution < -0.4 is 5.32 Å². The van der Waals surface area contributed by atoms with Crippen molar-refractivity contribution in [2.45, 2.75) is 31.6 Å². The lowest BCUT2D eigenvalue weighted by Gasteiger charge is -2.17. The Balaban J connectivity index is 1.64. The molecule has 0 aliphatic heterocycles. The van der Waals surface area contributed by atoms with Gasteiger partial charge in [0.05, 0.1) is 18.4 Å². The summed E-state index contributed by atoms with van der Waals surface area (Å²) in [5.41, 5.74) is 2.32. The normalized spacial score (nSPS) is 14.7. The van der Waals surface area contributed by atoms with E-state index in [0.717, 1.165) is 34.4 Å². The molecule has 0 saturated carbocycles. The smallest absolute Gasteiger partial charge is 0.314 e. The summed E-state index contributed by atoms with van der Waals surface area (Å²) in [5.74, 6) is 0.196. The van der Waals surface area contributed by atoms with Crippen LogP contribution in [0.4, 0.5) is 5.82 Å². The van der Waals surface area contributed by atoms with E-state index in [1.54, 1.807) is 17.7 Å². The molecule has 1 N–H and O–H groups in total. The molecule has 1 aliphatic carbocycles. The largest absolute Gasteiger partial charge is 0.468 e. The number of rotatable bonds is 5. The summed E-state index contributed by atoms with van der Waals surface area (Å²) in [6.45, 7) is 0.438. The first-order valence-electron chi connectivity index (χ1n) is 8.90. The third-order valence-electron chi connectivity index (χ3n) is 4.91. The van der Waals surface area contributed by atoms with Crippen LogP contribution in [0.5, 0.6) is 0 Å². The zero-order valence-electron chi connectivity index (χ0n) is 14.7. The van der Waals surface area contributed by atoms with Gasteiger partial charge in [-0.1, -0.05) is 30.3 Å². The van der Waals surface area contributed by atoms with Crippen molar-refractivity contribution in [3.63, 3.8) is 0 Å². The molecule has 1 atom stereocenters. The van der Waals surface area contributed by atoms with Crippen LogP contribution in [0.15, 0.2) is 36.7 Å². The van der Waals surface area contributed by atoms with Crippen molar-refractivity contribution >= 4 is 33.3 Å². The first-order valence-corrected chi connectivity index (χ1v) is 9.71. The molecule has 3 aromatic rings. The molecule has 0 spiro atoms. The van der Waals surface area contributed by atoms with E-state index in [4.69, 9.17) is 4.74 Å². The fourth-order valence-corrected chi connectivity index (χ4v) is 4.82. The van der Waals surface area contributed by atoms with Gasteiger partial charge >= 0.3 is 5.97 Å². The third kappa shape index (κ3) is 3.17. The first kappa shape index (κ1) is 17.0. The number of carbonyl (C=O) groups is 1. The Hall–Kier alpha value is -2.47. The van der Waals surface area contributed by atoms with Crippen LogP contribution in [0, 0.1) is 0 Å². The number of hydrogen-bond donors (Lipinski definition) is 1. The molecule has 0 unspecified atom stereocenters. The number of anilines is 1. The molecule has 0 amide bonds. The highest BCUT2D eigenvalue weighted by molar-refractivity contribution is 7.19. The second-order valence-electron chi connectivity index (χ2n) is 6.48. The molecule has 6 heteroatoms. The van der Waals surface area contributed by atoms with E-state index >= 15 is 0 Å². The van der Waals surface area contributed by atoms with E-state index in [-0.39, 0.29) is 11.9 Å². The van der Waals surface area contributed by atoms with Gasteiger partial charge in [-0.25, -0.2) is 9.97 Å². The third-order valence-corrected chi connectivity index (χ3v) is 6.11. The minimum Gasteiger partial charge on any atom is -0.468 e. The van der Waals surface area contributed by atoms with Crippen LogP contribution in [-0.2, 0) is 22.4 Å². The average molecular weight is 367 g/mol. The van der Waals surface area contributed by atoms with E-state index in [1.807, 2.05) is 30.3 Å². The van der Waals surface area contributed by atoms with E-state index in [1.165, 1.54) is 30.4 Å². The number of carbonyl (C=O) groups excluding carboxylic acids is 1. The van der Waals surface area contributed by atoms with Crippen molar-refractivity contribution in [2.75, 3.05) is 19.0 Å². The molecule has 1 aliphatic rings. The molecule has 0 saturated heterocycles. The first-order chi connectivity index (χ1) is 12.8. The molecular formula is C20H21N3O2S. The van der Waals surface area contributed by atoms with Crippen LogP contribution >= 0.6 is 11.3 Å². The molecule has 1 aromatic carbocycles. The number of esters is 1. The van der Waals surface area contributed by atoms with Crippen molar-refractivity contribution in [3.05, 3.63) is 52.7 Å². The average Bonchev–Trinajstić information content (AvgIpc) is 3.08. The molecule has 134 valence electrons. The van der Waals surface area contributed by atoms with Gasteiger partial charge in [0.25, 0.3) is 0 Å². The van der Waals surface area contributed by atoms with Gasteiger partial charge in [0.1, 0.15) is 17.0 Å². The summed E-state index contributed by atoms with van der Waals surface area (Å²) in [5, 5.41) is 4.52. The molecule has 5 nitrogen and oxygen atoms in total. The highest BCUT2D eigenvalue weighted by atomic mass is 32.1. The van der Waals surface area contributed by atoms with Gasteiger partial charge in [0, 0.05) is 11.4 Å². The van der Waals surface area contributed by atoms with Gasteiger partial charge in [0.2, 0.25) is 0 Å². The zero-order chi connectivity index (χ0) is 17.9. The van der Waals surface area contributed by atoms with E-state index < -0.39 is 0 Å². The second-order valence-corrected chi connectivity index (χ2v) is 7.56. The predicted molar refractivity (Wildman–Crippen MR) is 104 cm³/mol. The molecule has 2 aromatic heterocycles. The standard InChI is InChI=1S/C20H21N3O2S/c1-25-20(24)15(13-7-3-2-4-8-13)11-21-18-17-14-9-5-6-10-16(14)26-19(17)23-12-22-18/h2-4,7-8,12,15H,5-6,9-11H2,1H3,(H,21,22,23)/t15-/m1/s1. The number of nitrogens with one attached hydrogen (secondary N) is 1. The predicted octanol–water partition coefficient (Wildman–Crippen LogP) is 3.94. The number of aromatic nitrogens is 2. The minimum absolute atomic E-state index is 0.249. The summed E-state index contributed by atoms with van der Waals surface area (Å²) in [6.07, 6.45) is 6.26. The Labute approximate surface area is 156 Å². The van der Waals surface area contributed by atoms with Crippen LogP contribution in [0.2, 0.25) is 0 Å². The summed E-state index contributed by atoms with van der Waals surface area (Å²) < 4.78 is 5.01. The highest BCUT2D eigenvalue weighted by Crippen LogP contribution is 2.38. The molecule has 0 fully saturated rings. The summed E-state index contributed by atoms with van der Waals surface area (Å²) >= 11 is 1.77. The van der Waals surface area contributed by atoms with Gasteiger partial charge in [-0.05, 0) is 36.8 Å². The Morgan fingerprint density at radius 1 is 1.23 bits per heavy atom. The van der Waals surface area contributed by atoms with Crippen LogP contribution in [0.1, 0.15) is 34.8 Å². The number of aryl methyl sites for hydroxylation is 2. The molecule has 0 radical (unpaired) electrons. The maximum atomic E-state index is 12.3. The van der Waals surface area contributed by atoms with Gasteiger partial charge in [-0.15, -0.1) is 11.3 Å². The fourth-order valence-electron chi connectivity index (χ4n) is 3.59. The van der Waals surface area contributed by atoms with Crippen molar-refractivity contribution in [2.24, 2.45) is 0 Å². The van der Waals surface area contributed by atoms with Crippen molar-refractivity contribution in [1.29, 1.82) is 0 Å².